The lowest BCUT2D eigenvalue weighted by molar-refractivity contribution is -0.125. The Balaban J connectivity index is 1.87. The molecular weight excluding hydrogens is 312 g/mol. The van der Waals surface area contributed by atoms with Crippen molar-refractivity contribution in [3.05, 3.63) is 52.0 Å². The molecule has 1 heterocycles. The lowest BCUT2D eigenvalue weighted by atomic mass is 10.2. The van der Waals surface area contributed by atoms with E-state index in [1.807, 2.05) is 36.6 Å². The molecule has 1 amide bonds. The van der Waals surface area contributed by atoms with Crippen LogP contribution in [0.4, 0.5) is 0 Å². The fourth-order valence-corrected chi connectivity index (χ4v) is 2.46. The average molecular weight is 332 g/mol. The number of amides is 1. The van der Waals surface area contributed by atoms with Crippen molar-refractivity contribution in [1.82, 2.24) is 9.88 Å². The summed E-state index contributed by atoms with van der Waals surface area (Å²) in [6, 6.07) is 7.50. The smallest absolute Gasteiger partial charge is 0.246 e. The van der Waals surface area contributed by atoms with E-state index in [2.05, 4.69) is 4.98 Å². The van der Waals surface area contributed by atoms with Gasteiger partial charge in [0, 0.05) is 25.0 Å². The van der Waals surface area contributed by atoms with E-state index in [4.69, 9.17) is 9.84 Å². The van der Waals surface area contributed by atoms with Crippen molar-refractivity contribution in [2.75, 3.05) is 20.2 Å². The number of ether oxygens (including phenoxy) is 1. The molecule has 0 radical (unpaired) electrons. The van der Waals surface area contributed by atoms with E-state index in [0.717, 1.165) is 22.0 Å². The Morgan fingerprint density at radius 2 is 2.13 bits per heavy atom. The van der Waals surface area contributed by atoms with Crippen LogP contribution in [0.3, 0.4) is 0 Å². The third-order valence-electron chi connectivity index (χ3n) is 3.16. The number of benzene rings is 1. The minimum atomic E-state index is -0.140. The number of aliphatic hydroxyl groups excluding tert-OH is 1. The summed E-state index contributed by atoms with van der Waals surface area (Å²) in [4.78, 5) is 17.5. The summed E-state index contributed by atoms with van der Waals surface area (Å²) >= 11 is 1.61. The third-order valence-corrected chi connectivity index (χ3v) is 3.99. The lowest BCUT2D eigenvalue weighted by Crippen LogP contribution is -2.27. The van der Waals surface area contributed by atoms with Gasteiger partial charge in [0.2, 0.25) is 5.91 Å². The first-order chi connectivity index (χ1) is 11.1. The molecule has 5 nitrogen and oxygen atoms in total. The fourth-order valence-electron chi connectivity index (χ4n) is 1.86. The fraction of sp³-hybridized carbons (Fsp3) is 0.294. The van der Waals surface area contributed by atoms with Gasteiger partial charge in [0.05, 0.1) is 17.3 Å². The Labute approximate surface area is 139 Å². The van der Waals surface area contributed by atoms with Gasteiger partial charge >= 0.3 is 0 Å². The van der Waals surface area contributed by atoms with Gasteiger partial charge < -0.3 is 14.7 Å². The molecule has 0 spiro atoms. The minimum Gasteiger partial charge on any atom is -0.487 e. The van der Waals surface area contributed by atoms with Gasteiger partial charge in [0.1, 0.15) is 12.4 Å². The van der Waals surface area contributed by atoms with E-state index >= 15 is 0 Å². The average Bonchev–Trinajstić information content (AvgIpc) is 2.97. The highest BCUT2D eigenvalue weighted by Crippen LogP contribution is 2.16. The molecule has 1 N–H and O–H groups in total. The highest BCUT2D eigenvalue weighted by molar-refractivity contribution is 7.09. The number of likely N-dealkylation sites (N-methyl/N-ethyl adjacent to an activating group) is 1. The van der Waals surface area contributed by atoms with Crippen LogP contribution < -0.4 is 4.74 Å². The number of thiazole rings is 1. The van der Waals surface area contributed by atoms with Crippen molar-refractivity contribution >= 4 is 23.3 Å². The number of aliphatic hydroxyl groups is 1. The Kier molecular flexibility index (Phi) is 6.31. The quantitative estimate of drug-likeness (QED) is 0.791. The Morgan fingerprint density at radius 1 is 1.39 bits per heavy atom. The van der Waals surface area contributed by atoms with Crippen molar-refractivity contribution < 1.29 is 14.6 Å². The number of carbonyl (C=O) groups excluding carboxylic acids is 1. The second kappa shape index (κ2) is 8.45. The molecule has 1 aromatic carbocycles. The maximum atomic E-state index is 11.7. The van der Waals surface area contributed by atoms with Crippen molar-refractivity contribution in [2.24, 2.45) is 0 Å². The highest BCUT2D eigenvalue weighted by atomic mass is 32.1. The summed E-state index contributed by atoms with van der Waals surface area (Å²) in [7, 11) is 1.65. The van der Waals surface area contributed by atoms with Crippen LogP contribution in [0, 0.1) is 6.92 Å². The van der Waals surface area contributed by atoms with Crippen LogP contribution in [0.15, 0.2) is 35.7 Å². The maximum absolute atomic E-state index is 11.7. The van der Waals surface area contributed by atoms with Gasteiger partial charge in [-0.1, -0.05) is 12.1 Å². The number of hydrogen-bond acceptors (Lipinski definition) is 5. The first kappa shape index (κ1) is 17.2. The summed E-state index contributed by atoms with van der Waals surface area (Å²) in [6.45, 7) is 2.70. The van der Waals surface area contributed by atoms with E-state index in [0.29, 0.717) is 13.2 Å². The van der Waals surface area contributed by atoms with Gasteiger partial charge in [-0.2, -0.15) is 0 Å². The lowest BCUT2D eigenvalue weighted by Gasteiger charge is -2.12. The summed E-state index contributed by atoms with van der Waals surface area (Å²) in [5.74, 6) is 0.620. The van der Waals surface area contributed by atoms with Crippen LogP contribution in [-0.2, 0) is 11.4 Å². The molecule has 2 rings (SSSR count). The number of aryl methyl sites for hydroxylation is 1. The molecule has 2 aromatic rings. The molecule has 0 aliphatic rings. The van der Waals surface area contributed by atoms with Crippen LogP contribution in [0.1, 0.15) is 16.3 Å². The van der Waals surface area contributed by atoms with Gasteiger partial charge in [-0.25, -0.2) is 4.98 Å². The van der Waals surface area contributed by atoms with E-state index < -0.39 is 0 Å². The van der Waals surface area contributed by atoms with Gasteiger partial charge in [-0.05, 0) is 30.7 Å². The van der Waals surface area contributed by atoms with Gasteiger partial charge in [0.25, 0.3) is 0 Å². The van der Waals surface area contributed by atoms with Crippen molar-refractivity contribution in [3.8, 4) is 5.75 Å². The largest absolute Gasteiger partial charge is 0.487 e. The molecule has 122 valence electrons. The molecule has 23 heavy (non-hydrogen) atoms. The summed E-state index contributed by atoms with van der Waals surface area (Å²) < 4.78 is 5.67. The van der Waals surface area contributed by atoms with Crippen LogP contribution in [0.2, 0.25) is 0 Å². The monoisotopic (exact) mass is 332 g/mol. The molecule has 0 aliphatic carbocycles. The van der Waals surface area contributed by atoms with Crippen molar-refractivity contribution in [1.29, 1.82) is 0 Å². The first-order valence-electron chi connectivity index (χ1n) is 7.26. The number of nitrogens with zero attached hydrogens (tertiary/aromatic N) is 2. The standard InChI is InChI=1S/C17H20N2O3S/c1-13-18-15(12-23-13)11-22-16-6-3-14(4-7-16)5-8-17(21)19(2)9-10-20/h3-8,12,20H,9-11H2,1-2H3/b8-5+. The molecule has 0 unspecified atom stereocenters. The normalized spacial score (nSPS) is 10.9. The van der Waals surface area contributed by atoms with E-state index in [1.165, 1.54) is 11.0 Å². The molecule has 0 atom stereocenters. The number of hydrogen-bond donors (Lipinski definition) is 1. The van der Waals surface area contributed by atoms with E-state index in [9.17, 15) is 4.79 Å². The highest BCUT2D eigenvalue weighted by Gasteiger charge is 2.03. The van der Waals surface area contributed by atoms with E-state index in [-0.39, 0.29) is 12.5 Å². The molecule has 0 fully saturated rings. The summed E-state index contributed by atoms with van der Waals surface area (Å²) in [5.41, 5.74) is 1.83. The molecule has 0 aliphatic heterocycles. The van der Waals surface area contributed by atoms with Crippen LogP contribution >= 0.6 is 11.3 Å². The zero-order valence-electron chi connectivity index (χ0n) is 13.2. The second-order valence-electron chi connectivity index (χ2n) is 5.03. The summed E-state index contributed by atoms with van der Waals surface area (Å²) in [6.07, 6.45) is 3.23. The molecule has 0 saturated carbocycles. The maximum Gasteiger partial charge on any atom is 0.246 e. The van der Waals surface area contributed by atoms with Crippen LogP contribution in [-0.4, -0.2) is 41.1 Å². The van der Waals surface area contributed by atoms with Crippen molar-refractivity contribution in [3.63, 3.8) is 0 Å². The second-order valence-corrected chi connectivity index (χ2v) is 6.09. The van der Waals surface area contributed by atoms with Crippen molar-refractivity contribution in [2.45, 2.75) is 13.5 Å². The van der Waals surface area contributed by atoms with Gasteiger partial charge in [-0.15, -0.1) is 11.3 Å². The zero-order valence-corrected chi connectivity index (χ0v) is 14.0. The minimum absolute atomic E-state index is 0.0410. The molecule has 0 bridgehead atoms. The van der Waals surface area contributed by atoms with Crippen LogP contribution in [0.5, 0.6) is 5.75 Å². The number of carbonyl (C=O) groups is 1. The topological polar surface area (TPSA) is 62.7 Å². The number of rotatable bonds is 7. The Bertz CT molecular complexity index is 665. The van der Waals surface area contributed by atoms with Gasteiger partial charge in [0.15, 0.2) is 0 Å². The number of aromatic nitrogens is 1. The zero-order chi connectivity index (χ0) is 16.7. The Hall–Kier alpha value is -2.18. The first-order valence-corrected chi connectivity index (χ1v) is 8.14. The third kappa shape index (κ3) is 5.50. The Morgan fingerprint density at radius 3 is 2.74 bits per heavy atom. The predicted molar refractivity (Wildman–Crippen MR) is 91.4 cm³/mol. The molecule has 1 aromatic heterocycles. The predicted octanol–water partition coefficient (Wildman–Crippen LogP) is 2.49. The summed E-state index contributed by atoms with van der Waals surface area (Å²) in [5, 5.41) is 11.8. The molecule has 6 heteroatoms. The van der Waals surface area contributed by atoms with E-state index in [1.54, 1.807) is 24.5 Å². The van der Waals surface area contributed by atoms with Gasteiger partial charge in [-0.3, -0.25) is 4.79 Å². The van der Waals surface area contributed by atoms with Crippen LogP contribution in [0.25, 0.3) is 6.08 Å². The molecular formula is C17H20N2O3S. The SMILES string of the molecule is Cc1nc(COc2ccc(/C=C/C(=O)N(C)CCO)cc2)cs1. The molecule has 0 saturated heterocycles.